The maximum atomic E-state index is 10.6. The Morgan fingerprint density at radius 1 is 0.750 bits per heavy atom. The van der Waals surface area contributed by atoms with Gasteiger partial charge in [-0.2, -0.15) is 0 Å². The second-order valence-electron chi connectivity index (χ2n) is 6.39. The summed E-state index contributed by atoms with van der Waals surface area (Å²) in [7, 11) is 0. The van der Waals surface area contributed by atoms with E-state index in [1.165, 1.54) is 5.69 Å². The normalized spacial score (nSPS) is 15.8. The third-order valence-electron chi connectivity index (χ3n) is 4.87. The Labute approximate surface area is 142 Å². The SMILES string of the molecule is Oc1c(CN2CCN(c3ccccc3)CC2)ccc2ccccc12. The summed E-state index contributed by atoms with van der Waals surface area (Å²) in [6, 6.07) is 22.8. The van der Waals surface area contributed by atoms with Crippen LogP contribution in [0.15, 0.2) is 66.7 Å². The fraction of sp³-hybridized carbons (Fsp3) is 0.238. The molecule has 0 atom stereocenters. The van der Waals surface area contributed by atoms with Gasteiger partial charge in [0, 0.05) is 49.4 Å². The number of fused-ring (bicyclic) bond motifs is 1. The van der Waals surface area contributed by atoms with Gasteiger partial charge < -0.3 is 10.0 Å². The minimum absolute atomic E-state index is 0.429. The molecule has 0 unspecified atom stereocenters. The molecule has 0 radical (unpaired) electrons. The van der Waals surface area contributed by atoms with E-state index >= 15 is 0 Å². The van der Waals surface area contributed by atoms with Gasteiger partial charge in [0.15, 0.2) is 0 Å². The lowest BCUT2D eigenvalue weighted by atomic mass is 10.0. The summed E-state index contributed by atoms with van der Waals surface area (Å²) in [5.41, 5.74) is 2.31. The molecule has 0 aliphatic carbocycles. The van der Waals surface area contributed by atoms with Crippen molar-refractivity contribution in [3.8, 4) is 5.75 Å². The summed E-state index contributed by atoms with van der Waals surface area (Å²) in [6.07, 6.45) is 0. The highest BCUT2D eigenvalue weighted by molar-refractivity contribution is 5.89. The van der Waals surface area contributed by atoms with Crippen LogP contribution in [0, 0.1) is 0 Å². The molecule has 0 aromatic heterocycles. The van der Waals surface area contributed by atoms with Crippen LogP contribution in [-0.4, -0.2) is 36.2 Å². The van der Waals surface area contributed by atoms with E-state index in [1.54, 1.807) is 0 Å². The zero-order chi connectivity index (χ0) is 16.4. The lowest BCUT2D eigenvalue weighted by molar-refractivity contribution is 0.247. The average Bonchev–Trinajstić information content (AvgIpc) is 2.66. The van der Waals surface area contributed by atoms with Crippen LogP contribution in [0.5, 0.6) is 5.75 Å². The zero-order valence-corrected chi connectivity index (χ0v) is 13.7. The Balaban J connectivity index is 1.45. The van der Waals surface area contributed by atoms with Gasteiger partial charge in [-0.1, -0.05) is 54.6 Å². The van der Waals surface area contributed by atoms with Crippen molar-refractivity contribution < 1.29 is 5.11 Å². The van der Waals surface area contributed by atoms with E-state index in [1.807, 2.05) is 24.3 Å². The van der Waals surface area contributed by atoms with Crippen molar-refractivity contribution in [1.82, 2.24) is 4.90 Å². The number of rotatable bonds is 3. The first-order valence-electron chi connectivity index (χ1n) is 8.53. The van der Waals surface area contributed by atoms with Crippen molar-refractivity contribution in [2.45, 2.75) is 6.54 Å². The van der Waals surface area contributed by atoms with Gasteiger partial charge in [-0.05, 0) is 17.5 Å². The van der Waals surface area contributed by atoms with Crippen molar-refractivity contribution in [3.05, 3.63) is 72.3 Å². The lowest BCUT2D eigenvalue weighted by Gasteiger charge is -2.36. The number of phenolic OH excluding ortho intramolecular Hbond substituents is 1. The Bertz CT molecular complexity index is 824. The van der Waals surface area contributed by atoms with E-state index in [9.17, 15) is 5.11 Å². The number of hydrogen-bond donors (Lipinski definition) is 1. The molecule has 4 rings (SSSR count). The monoisotopic (exact) mass is 318 g/mol. The molecule has 122 valence electrons. The number of benzene rings is 3. The second-order valence-corrected chi connectivity index (χ2v) is 6.39. The zero-order valence-electron chi connectivity index (χ0n) is 13.7. The number of para-hydroxylation sites is 1. The first-order chi connectivity index (χ1) is 11.8. The largest absolute Gasteiger partial charge is 0.507 e. The van der Waals surface area contributed by atoms with Gasteiger partial charge in [-0.3, -0.25) is 4.90 Å². The maximum Gasteiger partial charge on any atom is 0.127 e. The second kappa shape index (κ2) is 6.54. The molecule has 0 spiro atoms. The van der Waals surface area contributed by atoms with Crippen LogP contribution in [0.1, 0.15) is 5.56 Å². The molecule has 0 amide bonds. The number of piperazine rings is 1. The highest BCUT2D eigenvalue weighted by atomic mass is 16.3. The Hall–Kier alpha value is -2.52. The quantitative estimate of drug-likeness (QED) is 0.794. The van der Waals surface area contributed by atoms with Crippen molar-refractivity contribution in [2.75, 3.05) is 31.1 Å². The molecule has 1 aliphatic heterocycles. The smallest absolute Gasteiger partial charge is 0.127 e. The number of aromatic hydroxyl groups is 1. The van der Waals surface area contributed by atoms with Crippen molar-refractivity contribution in [2.24, 2.45) is 0 Å². The van der Waals surface area contributed by atoms with Gasteiger partial charge in [0.1, 0.15) is 5.75 Å². The predicted molar refractivity (Wildman–Crippen MR) is 99.5 cm³/mol. The summed E-state index contributed by atoms with van der Waals surface area (Å²) in [4.78, 5) is 4.85. The van der Waals surface area contributed by atoms with Gasteiger partial charge in [-0.15, -0.1) is 0 Å². The lowest BCUT2D eigenvalue weighted by Crippen LogP contribution is -2.45. The summed E-state index contributed by atoms with van der Waals surface area (Å²) < 4.78 is 0. The summed E-state index contributed by atoms with van der Waals surface area (Å²) >= 11 is 0. The predicted octanol–water partition coefficient (Wildman–Crippen LogP) is 3.87. The van der Waals surface area contributed by atoms with E-state index in [0.717, 1.165) is 49.1 Å². The molecule has 3 heteroatoms. The van der Waals surface area contributed by atoms with Crippen molar-refractivity contribution in [3.63, 3.8) is 0 Å². The molecular weight excluding hydrogens is 296 g/mol. The average molecular weight is 318 g/mol. The standard InChI is InChI=1S/C21H22N2O/c24-21-18(11-10-17-6-4-5-9-20(17)21)16-22-12-14-23(15-13-22)19-7-2-1-3-8-19/h1-11,24H,12-16H2. The Kier molecular flexibility index (Phi) is 4.09. The van der Waals surface area contributed by atoms with Crippen LogP contribution in [0.3, 0.4) is 0 Å². The first-order valence-corrected chi connectivity index (χ1v) is 8.53. The number of hydrogen-bond acceptors (Lipinski definition) is 3. The van der Waals surface area contributed by atoms with Crippen LogP contribution >= 0.6 is 0 Å². The first kappa shape index (κ1) is 15.0. The Morgan fingerprint density at radius 3 is 2.25 bits per heavy atom. The minimum Gasteiger partial charge on any atom is -0.507 e. The minimum atomic E-state index is 0.429. The van der Waals surface area contributed by atoms with Crippen molar-refractivity contribution in [1.29, 1.82) is 0 Å². The summed E-state index contributed by atoms with van der Waals surface area (Å²) in [6.45, 7) is 4.89. The molecule has 3 aromatic carbocycles. The van der Waals surface area contributed by atoms with Gasteiger partial charge >= 0.3 is 0 Å². The van der Waals surface area contributed by atoms with Gasteiger partial charge in [0.05, 0.1) is 0 Å². The fourth-order valence-corrected chi connectivity index (χ4v) is 3.47. The molecular formula is C21H22N2O. The van der Waals surface area contributed by atoms with Gasteiger partial charge in [0.2, 0.25) is 0 Å². The van der Waals surface area contributed by atoms with E-state index in [-0.39, 0.29) is 0 Å². The number of nitrogens with zero attached hydrogens (tertiary/aromatic N) is 2. The fourth-order valence-electron chi connectivity index (χ4n) is 3.47. The molecule has 3 aromatic rings. The molecule has 0 bridgehead atoms. The van der Waals surface area contributed by atoms with Crippen molar-refractivity contribution >= 4 is 16.5 Å². The molecule has 1 heterocycles. The van der Waals surface area contributed by atoms with Crippen LogP contribution in [-0.2, 0) is 6.54 Å². The van der Waals surface area contributed by atoms with Crippen LogP contribution < -0.4 is 4.90 Å². The third kappa shape index (κ3) is 2.95. The topological polar surface area (TPSA) is 26.7 Å². The molecule has 1 fully saturated rings. The molecule has 0 saturated carbocycles. The summed E-state index contributed by atoms with van der Waals surface area (Å²) in [5, 5.41) is 12.6. The van der Waals surface area contributed by atoms with E-state index in [4.69, 9.17) is 0 Å². The van der Waals surface area contributed by atoms with Gasteiger partial charge in [0.25, 0.3) is 0 Å². The third-order valence-corrected chi connectivity index (χ3v) is 4.87. The molecule has 1 saturated heterocycles. The van der Waals surface area contributed by atoms with Crippen LogP contribution in [0.25, 0.3) is 10.8 Å². The van der Waals surface area contributed by atoms with Crippen LogP contribution in [0.4, 0.5) is 5.69 Å². The van der Waals surface area contributed by atoms with E-state index in [0.29, 0.717) is 5.75 Å². The van der Waals surface area contributed by atoms with Crippen LogP contribution in [0.2, 0.25) is 0 Å². The number of anilines is 1. The number of phenols is 1. The molecule has 1 N–H and O–H groups in total. The van der Waals surface area contributed by atoms with E-state index < -0.39 is 0 Å². The maximum absolute atomic E-state index is 10.6. The molecule has 24 heavy (non-hydrogen) atoms. The summed E-state index contributed by atoms with van der Waals surface area (Å²) in [5.74, 6) is 0.429. The Morgan fingerprint density at radius 2 is 1.46 bits per heavy atom. The highest BCUT2D eigenvalue weighted by Gasteiger charge is 2.18. The van der Waals surface area contributed by atoms with Gasteiger partial charge in [-0.25, -0.2) is 0 Å². The molecule has 1 aliphatic rings. The van der Waals surface area contributed by atoms with E-state index in [2.05, 4.69) is 52.3 Å². The molecule has 3 nitrogen and oxygen atoms in total. The highest BCUT2D eigenvalue weighted by Crippen LogP contribution is 2.29.